The van der Waals surface area contributed by atoms with Crippen molar-refractivity contribution in [1.82, 2.24) is 0 Å². The van der Waals surface area contributed by atoms with Crippen LogP contribution in [0.1, 0.15) is 0 Å². The first kappa shape index (κ1) is 18.0. The van der Waals surface area contributed by atoms with Crippen LogP contribution in [-0.4, -0.2) is 61.2 Å². The fraction of sp³-hybridized carbons (Fsp3) is 0.800. The summed E-state index contributed by atoms with van der Waals surface area (Å²) in [6, 6.07) is 0. The average Bonchev–Trinajstić information content (AvgIpc) is 2.15. The van der Waals surface area contributed by atoms with Crippen LogP contribution in [-0.2, 0) is 14.2 Å². The summed E-state index contributed by atoms with van der Waals surface area (Å²) >= 11 is 0. The number of carbonyl (C=O) groups excluding carboxylic acids is 1. The monoisotopic (exact) mass is 263 g/mol. The van der Waals surface area contributed by atoms with Gasteiger partial charge in [0.1, 0.15) is 18.3 Å². The van der Waals surface area contributed by atoms with Gasteiger partial charge in [0.25, 0.3) is 0 Å². The highest BCUT2D eigenvalue weighted by Gasteiger charge is 2.25. The molecule has 0 aliphatic rings. The fourth-order valence-corrected chi connectivity index (χ4v) is 0.532. The van der Waals surface area contributed by atoms with Crippen LogP contribution < -0.4 is 5.90 Å². The molecular formula is C5H14NO9P. The third kappa shape index (κ3) is 11.7. The average molecular weight is 263 g/mol. The van der Waals surface area contributed by atoms with E-state index in [2.05, 4.69) is 10.7 Å². The van der Waals surface area contributed by atoms with Crippen molar-refractivity contribution in [3.63, 3.8) is 0 Å². The molecule has 0 aromatic rings. The van der Waals surface area contributed by atoms with Gasteiger partial charge in [0.05, 0.1) is 6.61 Å². The third-order valence-electron chi connectivity index (χ3n) is 1.22. The summed E-state index contributed by atoms with van der Waals surface area (Å²) < 4.78 is 8.88. The van der Waals surface area contributed by atoms with Crippen LogP contribution in [0, 0.1) is 0 Å². The summed E-state index contributed by atoms with van der Waals surface area (Å²) in [5.74, 6) is 4.63. The van der Waals surface area contributed by atoms with Gasteiger partial charge in [-0.15, -0.1) is 0 Å². The molecule has 0 bridgehead atoms. The predicted molar refractivity (Wildman–Crippen MR) is 48.5 cm³/mol. The zero-order valence-electron chi connectivity index (χ0n) is 7.95. The smallest absolute Gasteiger partial charge is 0.393 e. The SMILES string of the molecule is NO[C@H](CO)[C@@H](O)[C@H](O)C=O.O=P(O)(O)O. The quantitative estimate of drug-likeness (QED) is 0.147. The van der Waals surface area contributed by atoms with E-state index in [0.29, 0.717) is 0 Å². The highest BCUT2D eigenvalue weighted by Crippen LogP contribution is 2.25. The maximum absolute atomic E-state index is 9.89. The van der Waals surface area contributed by atoms with Gasteiger partial charge >= 0.3 is 7.82 Å². The van der Waals surface area contributed by atoms with Crippen molar-refractivity contribution in [1.29, 1.82) is 0 Å². The number of phosphoric acid groups is 1. The van der Waals surface area contributed by atoms with Crippen LogP contribution in [0.3, 0.4) is 0 Å². The third-order valence-corrected chi connectivity index (χ3v) is 1.22. The van der Waals surface area contributed by atoms with E-state index in [1.807, 2.05) is 0 Å². The van der Waals surface area contributed by atoms with Gasteiger partial charge in [-0.2, -0.15) is 0 Å². The van der Waals surface area contributed by atoms with E-state index in [-0.39, 0.29) is 6.29 Å². The van der Waals surface area contributed by atoms with Crippen molar-refractivity contribution < 1.29 is 44.2 Å². The number of aliphatic hydroxyl groups excluding tert-OH is 3. The Morgan fingerprint density at radius 1 is 1.31 bits per heavy atom. The number of aldehydes is 1. The van der Waals surface area contributed by atoms with Gasteiger partial charge in [0.2, 0.25) is 0 Å². The molecule has 0 radical (unpaired) electrons. The van der Waals surface area contributed by atoms with Crippen LogP contribution in [0.5, 0.6) is 0 Å². The number of rotatable bonds is 5. The maximum Gasteiger partial charge on any atom is 0.466 e. The zero-order chi connectivity index (χ0) is 13.4. The van der Waals surface area contributed by atoms with E-state index in [1.165, 1.54) is 0 Å². The van der Waals surface area contributed by atoms with Crippen LogP contribution in [0.25, 0.3) is 0 Å². The second kappa shape index (κ2) is 8.70. The van der Waals surface area contributed by atoms with Crippen LogP contribution >= 0.6 is 7.82 Å². The molecule has 0 aliphatic carbocycles. The van der Waals surface area contributed by atoms with Crippen molar-refractivity contribution in [2.75, 3.05) is 6.61 Å². The minimum absolute atomic E-state index is 0.131. The molecule has 0 unspecified atom stereocenters. The first-order valence-electron chi connectivity index (χ1n) is 3.73. The Balaban J connectivity index is 0. The topological polar surface area (TPSA) is 191 Å². The summed E-state index contributed by atoms with van der Waals surface area (Å²) in [6.07, 6.45) is -4.10. The standard InChI is InChI=1S/C5H11NO5.H3O4P/c6-11-4(2-8)5(10)3(9)1-7;1-5(2,3)4/h1,3-5,8-10H,2,6H2;(H3,1,2,3,4)/t3-,4-,5+;/m1./s1. The molecule has 0 rings (SSSR count). The lowest BCUT2D eigenvalue weighted by atomic mass is 10.1. The van der Waals surface area contributed by atoms with Gasteiger partial charge in [-0.3, -0.25) is 4.84 Å². The lowest BCUT2D eigenvalue weighted by Gasteiger charge is -2.19. The maximum atomic E-state index is 9.89. The summed E-state index contributed by atoms with van der Waals surface area (Å²) in [5.41, 5.74) is 0. The van der Waals surface area contributed by atoms with Crippen LogP contribution in [0.2, 0.25) is 0 Å². The highest BCUT2D eigenvalue weighted by molar-refractivity contribution is 7.45. The van der Waals surface area contributed by atoms with Gasteiger partial charge in [0.15, 0.2) is 6.29 Å². The normalized spacial score (nSPS) is 16.7. The van der Waals surface area contributed by atoms with Crippen molar-refractivity contribution >= 4 is 14.1 Å². The second-order valence-corrected chi connectivity index (χ2v) is 3.51. The van der Waals surface area contributed by atoms with Crippen LogP contribution in [0.4, 0.5) is 0 Å². The Morgan fingerprint density at radius 3 is 1.88 bits per heavy atom. The molecule has 0 aromatic heterocycles. The molecule has 0 amide bonds. The number of carbonyl (C=O) groups is 1. The lowest BCUT2D eigenvalue weighted by molar-refractivity contribution is -0.134. The number of aliphatic hydroxyl groups is 3. The summed E-state index contributed by atoms with van der Waals surface area (Å²) in [5, 5.41) is 26.1. The summed E-state index contributed by atoms with van der Waals surface area (Å²) in [7, 11) is -4.64. The van der Waals surface area contributed by atoms with Crippen molar-refractivity contribution in [2.24, 2.45) is 5.90 Å². The molecule has 8 N–H and O–H groups in total. The van der Waals surface area contributed by atoms with Gasteiger partial charge in [-0.1, -0.05) is 0 Å². The molecule has 10 nitrogen and oxygen atoms in total. The zero-order valence-corrected chi connectivity index (χ0v) is 8.84. The van der Waals surface area contributed by atoms with Crippen molar-refractivity contribution in [3.05, 3.63) is 0 Å². The van der Waals surface area contributed by atoms with E-state index in [0.717, 1.165) is 0 Å². The first-order valence-corrected chi connectivity index (χ1v) is 5.30. The molecule has 0 saturated carbocycles. The number of nitrogens with two attached hydrogens (primary N) is 1. The Bertz CT molecular complexity index is 218. The van der Waals surface area contributed by atoms with Crippen LogP contribution in [0.15, 0.2) is 0 Å². The van der Waals surface area contributed by atoms with Gasteiger partial charge in [0, 0.05) is 0 Å². The molecule has 0 aromatic carbocycles. The summed E-state index contributed by atoms with van der Waals surface area (Å²) in [4.78, 5) is 35.5. The van der Waals surface area contributed by atoms with E-state index in [9.17, 15) is 4.79 Å². The van der Waals surface area contributed by atoms with Crippen molar-refractivity contribution in [3.8, 4) is 0 Å². The molecule has 0 fully saturated rings. The molecule has 0 aliphatic heterocycles. The number of hydrogen-bond donors (Lipinski definition) is 7. The minimum Gasteiger partial charge on any atom is -0.393 e. The van der Waals surface area contributed by atoms with E-state index < -0.39 is 32.7 Å². The molecule has 98 valence electrons. The lowest BCUT2D eigenvalue weighted by Crippen LogP contribution is -2.43. The Kier molecular flexibility index (Phi) is 9.77. The van der Waals surface area contributed by atoms with Gasteiger partial charge in [-0.25, -0.2) is 10.5 Å². The molecule has 11 heteroatoms. The van der Waals surface area contributed by atoms with Crippen molar-refractivity contribution in [2.45, 2.75) is 18.3 Å². The molecule has 0 spiro atoms. The Hall–Kier alpha value is -0.420. The summed E-state index contributed by atoms with van der Waals surface area (Å²) in [6.45, 7) is -0.567. The van der Waals surface area contributed by atoms with E-state index >= 15 is 0 Å². The minimum atomic E-state index is -4.64. The number of hydrogen-bond acceptors (Lipinski definition) is 7. The molecule has 0 saturated heterocycles. The largest absolute Gasteiger partial charge is 0.466 e. The molecule has 0 heterocycles. The Labute approximate surface area is 90.1 Å². The fourth-order valence-electron chi connectivity index (χ4n) is 0.532. The predicted octanol–water partition coefficient (Wildman–Crippen LogP) is -3.77. The van der Waals surface area contributed by atoms with E-state index in [1.54, 1.807) is 0 Å². The highest BCUT2D eigenvalue weighted by atomic mass is 31.2. The molecule has 16 heavy (non-hydrogen) atoms. The Morgan fingerprint density at radius 2 is 1.69 bits per heavy atom. The molecule has 3 atom stereocenters. The van der Waals surface area contributed by atoms with Gasteiger partial charge < -0.3 is 34.8 Å². The first-order chi connectivity index (χ1) is 7.17. The van der Waals surface area contributed by atoms with E-state index in [4.69, 9.17) is 34.6 Å². The molecular weight excluding hydrogens is 249 g/mol. The van der Waals surface area contributed by atoms with Gasteiger partial charge in [-0.05, 0) is 0 Å². The second-order valence-electron chi connectivity index (χ2n) is 2.49.